The van der Waals surface area contributed by atoms with Gasteiger partial charge in [-0.2, -0.15) is 4.98 Å². The molecule has 0 fully saturated rings. The number of halogens is 2. The van der Waals surface area contributed by atoms with E-state index in [0.29, 0.717) is 22.2 Å². The van der Waals surface area contributed by atoms with Gasteiger partial charge in [-0.05, 0) is 30.3 Å². The van der Waals surface area contributed by atoms with Crippen LogP contribution in [-0.2, 0) is 16.4 Å². The lowest BCUT2D eigenvalue weighted by Crippen LogP contribution is -2.29. The molecule has 0 bridgehead atoms. The van der Waals surface area contributed by atoms with Crippen LogP contribution in [0.4, 0.5) is 0 Å². The zero-order valence-corrected chi connectivity index (χ0v) is 17.4. The van der Waals surface area contributed by atoms with Crippen molar-refractivity contribution in [2.45, 2.75) is 11.3 Å². The van der Waals surface area contributed by atoms with Crippen LogP contribution in [0.5, 0.6) is 5.75 Å². The molecule has 2 aromatic carbocycles. The minimum atomic E-state index is -3.72. The van der Waals surface area contributed by atoms with Crippen LogP contribution in [0.25, 0.3) is 11.5 Å². The summed E-state index contributed by atoms with van der Waals surface area (Å²) in [4.78, 5) is 4.36. The Kier molecular flexibility index (Phi) is 6.24. The lowest BCUT2D eigenvalue weighted by Gasteiger charge is -2.17. The first-order valence-corrected chi connectivity index (χ1v) is 10.4. The monoisotopic (exact) mass is 441 g/mol. The van der Waals surface area contributed by atoms with Gasteiger partial charge in [-0.15, -0.1) is 0 Å². The molecule has 3 aromatic rings. The summed E-state index contributed by atoms with van der Waals surface area (Å²) in [5.41, 5.74) is 0.622. The van der Waals surface area contributed by atoms with Crippen molar-refractivity contribution >= 4 is 33.2 Å². The van der Waals surface area contributed by atoms with Crippen LogP contribution in [0.1, 0.15) is 5.82 Å². The molecule has 10 heteroatoms. The standard InChI is InChI=1S/C18H17Cl2N3O4S/c1-23(28(24,25)12-7-8-16(26-2)15(20)11-12)10-9-17-21-18(27-22-17)13-5-3-4-6-14(13)19/h3-8,11H,9-10H2,1-2H3. The zero-order valence-electron chi connectivity index (χ0n) is 15.1. The molecule has 7 nitrogen and oxygen atoms in total. The van der Waals surface area contributed by atoms with Crippen LogP contribution in [0.2, 0.25) is 10.0 Å². The first kappa shape index (κ1) is 20.6. The van der Waals surface area contributed by atoms with Gasteiger partial charge in [0.1, 0.15) is 5.75 Å². The SMILES string of the molecule is COc1ccc(S(=O)(=O)N(C)CCc2noc(-c3ccccc3Cl)n2)cc1Cl. The van der Waals surface area contributed by atoms with Gasteiger partial charge in [0.15, 0.2) is 5.82 Å². The van der Waals surface area contributed by atoms with Crippen molar-refractivity contribution in [3.8, 4) is 17.2 Å². The van der Waals surface area contributed by atoms with Crippen molar-refractivity contribution in [3.63, 3.8) is 0 Å². The third-order valence-corrected chi connectivity index (χ3v) is 6.53. The van der Waals surface area contributed by atoms with Crippen LogP contribution in [0.15, 0.2) is 51.9 Å². The Hall–Kier alpha value is -2.13. The fraction of sp³-hybridized carbons (Fsp3) is 0.222. The number of nitrogens with zero attached hydrogens (tertiary/aromatic N) is 3. The van der Waals surface area contributed by atoms with Crippen molar-refractivity contribution < 1.29 is 17.7 Å². The molecular formula is C18H17Cl2N3O4S. The fourth-order valence-electron chi connectivity index (χ4n) is 2.46. The Morgan fingerprint density at radius 3 is 2.57 bits per heavy atom. The summed E-state index contributed by atoms with van der Waals surface area (Å²) < 4.78 is 36.9. The van der Waals surface area contributed by atoms with Crippen molar-refractivity contribution in [2.24, 2.45) is 0 Å². The van der Waals surface area contributed by atoms with Gasteiger partial charge in [-0.3, -0.25) is 0 Å². The van der Waals surface area contributed by atoms with Gasteiger partial charge < -0.3 is 9.26 Å². The lowest BCUT2D eigenvalue weighted by molar-refractivity contribution is 0.413. The van der Waals surface area contributed by atoms with Crippen molar-refractivity contribution in [3.05, 3.63) is 58.3 Å². The number of rotatable bonds is 7. The molecule has 148 valence electrons. The third kappa shape index (κ3) is 4.30. The molecule has 0 spiro atoms. The summed E-state index contributed by atoms with van der Waals surface area (Å²) in [5, 5.41) is 4.61. The molecular weight excluding hydrogens is 425 g/mol. The maximum absolute atomic E-state index is 12.7. The number of benzene rings is 2. The lowest BCUT2D eigenvalue weighted by atomic mass is 10.2. The van der Waals surface area contributed by atoms with E-state index in [1.165, 1.54) is 36.7 Å². The summed E-state index contributed by atoms with van der Waals surface area (Å²) in [6.07, 6.45) is 0.271. The number of aromatic nitrogens is 2. The Balaban J connectivity index is 1.71. The van der Waals surface area contributed by atoms with E-state index in [1.807, 2.05) is 6.07 Å². The quantitative estimate of drug-likeness (QED) is 0.552. The van der Waals surface area contributed by atoms with Crippen LogP contribution in [0, 0.1) is 0 Å². The van der Waals surface area contributed by atoms with Crippen LogP contribution in [0.3, 0.4) is 0 Å². The van der Waals surface area contributed by atoms with Crippen LogP contribution < -0.4 is 4.74 Å². The Morgan fingerprint density at radius 1 is 1.14 bits per heavy atom. The Bertz CT molecular complexity index is 1090. The smallest absolute Gasteiger partial charge is 0.259 e. The molecule has 0 saturated carbocycles. The molecule has 0 atom stereocenters. The average molecular weight is 442 g/mol. The molecule has 0 radical (unpaired) electrons. The van der Waals surface area contributed by atoms with E-state index in [1.54, 1.807) is 18.2 Å². The van der Waals surface area contributed by atoms with Gasteiger partial charge in [0.25, 0.3) is 5.89 Å². The molecule has 0 aliphatic rings. The molecule has 0 aliphatic carbocycles. The summed E-state index contributed by atoms with van der Waals surface area (Å²) in [5.74, 6) is 1.07. The minimum Gasteiger partial charge on any atom is -0.495 e. The fourth-order valence-corrected chi connectivity index (χ4v) is 4.20. The minimum absolute atomic E-state index is 0.0747. The van der Waals surface area contributed by atoms with Gasteiger partial charge in [0.2, 0.25) is 10.0 Å². The second-order valence-corrected chi connectivity index (χ2v) is 8.73. The summed E-state index contributed by atoms with van der Waals surface area (Å²) in [7, 11) is -0.786. The van der Waals surface area contributed by atoms with E-state index >= 15 is 0 Å². The summed E-state index contributed by atoms with van der Waals surface area (Å²) in [6.45, 7) is 0.160. The van der Waals surface area contributed by atoms with Crippen molar-refractivity contribution in [2.75, 3.05) is 20.7 Å². The van der Waals surface area contributed by atoms with E-state index in [9.17, 15) is 8.42 Å². The molecule has 0 unspecified atom stereocenters. The molecule has 1 heterocycles. The van der Waals surface area contributed by atoms with Crippen LogP contribution in [-0.4, -0.2) is 43.6 Å². The van der Waals surface area contributed by atoms with Gasteiger partial charge >= 0.3 is 0 Å². The summed E-state index contributed by atoms with van der Waals surface area (Å²) in [6, 6.07) is 11.4. The number of ether oxygens (including phenoxy) is 1. The van der Waals surface area contributed by atoms with Gasteiger partial charge in [-0.1, -0.05) is 40.5 Å². The average Bonchev–Trinajstić information content (AvgIpc) is 3.15. The highest BCUT2D eigenvalue weighted by Gasteiger charge is 2.22. The van der Waals surface area contributed by atoms with E-state index in [4.69, 9.17) is 32.5 Å². The maximum atomic E-state index is 12.7. The number of sulfonamides is 1. The highest BCUT2D eigenvalue weighted by molar-refractivity contribution is 7.89. The largest absolute Gasteiger partial charge is 0.495 e. The second kappa shape index (κ2) is 8.48. The number of methoxy groups -OCH3 is 1. The van der Waals surface area contributed by atoms with Gasteiger partial charge in [-0.25, -0.2) is 12.7 Å². The van der Waals surface area contributed by atoms with Crippen molar-refractivity contribution in [1.29, 1.82) is 0 Å². The van der Waals surface area contributed by atoms with E-state index < -0.39 is 10.0 Å². The van der Waals surface area contributed by atoms with E-state index in [0.717, 1.165) is 0 Å². The molecule has 28 heavy (non-hydrogen) atoms. The van der Waals surface area contributed by atoms with Crippen molar-refractivity contribution in [1.82, 2.24) is 14.4 Å². The maximum Gasteiger partial charge on any atom is 0.259 e. The zero-order chi connectivity index (χ0) is 20.3. The second-order valence-electron chi connectivity index (χ2n) is 5.87. The Morgan fingerprint density at radius 2 is 1.89 bits per heavy atom. The van der Waals surface area contributed by atoms with Gasteiger partial charge in [0.05, 0.1) is 27.6 Å². The molecule has 0 N–H and O–H groups in total. The number of hydrogen-bond donors (Lipinski definition) is 0. The molecule has 3 rings (SSSR count). The number of hydrogen-bond acceptors (Lipinski definition) is 6. The van der Waals surface area contributed by atoms with E-state index in [-0.39, 0.29) is 28.8 Å². The van der Waals surface area contributed by atoms with Gasteiger partial charge in [0, 0.05) is 20.0 Å². The molecule has 0 amide bonds. The Labute approximate surface area is 172 Å². The van der Waals surface area contributed by atoms with E-state index in [2.05, 4.69) is 10.1 Å². The topological polar surface area (TPSA) is 85.5 Å². The first-order valence-electron chi connectivity index (χ1n) is 8.20. The third-order valence-electron chi connectivity index (χ3n) is 4.05. The highest BCUT2D eigenvalue weighted by atomic mass is 35.5. The predicted molar refractivity (Wildman–Crippen MR) is 106 cm³/mol. The molecule has 0 saturated heterocycles. The highest BCUT2D eigenvalue weighted by Crippen LogP contribution is 2.28. The molecule has 0 aliphatic heterocycles. The predicted octanol–water partition coefficient (Wildman–Crippen LogP) is 3.92. The molecule has 1 aromatic heterocycles. The van der Waals surface area contributed by atoms with Crippen LogP contribution >= 0.6 is 23.2 Å². The summed E-state index contributed by atoms with van der Waals surface area (Å²) >= 11 is 12.2. The first-order chi connectivity index (χ1) is 13.3. The normalized spacial score (nSPS) is 11.8. The number of likely N-dealkylation sites (N-methyl/N-ethyl adjacent to an activating group) is 1.